The average Bonchev–Trinajstić information content (AvgIpc) is 1.36. The molecule has 0 aliphatic rings. The Balaban J connectivity index is 3.26. The zero-order chi connectivity index (χ0) is 5.15. The van der Waals surface area contributed by atoms with Crippen molar-refractivity contribution in [3.63, 3.8) is 0 Å². The second kappa shape index (κ2) is 2.24. The molecule has 0 heterocycles. The summed E-state index contributed by atoms with van der Waals surface area (Å²) in [6.45, 7) is 1.90. The first-order valence-electron chi connectivity index (χ1n) is 1.82. The van der Waals surface area contributed by atoms with Crippen LogP contribution < -0.4 is 0 Å². The Morgan fingerprint density at radius 2 is 1.83 bits per heavy atom. The molecule has 0 aliphatic carbocycles. The third-order valence-electron chi connectivity index (χ3n) is 0.630. The quantitative estimate of drug-likeness (QED) is 0.275. The lowest BCUT2D eigenvalue weighted by molar-refractivity contribution is 1.09. The van der Waals surface area contributed by atoms with Gasteiger partial charge in [0.05, 0.1) is 0 Å². The van der Waals surface area contributed by atoms with Gasteiger partial charge >= 0.3 is 0 Å². The van der Waals surface area contributed by atoms with Crippen LogP contribution in [-0.4, -0.2) is 25.7 Å². The fourth-order valence-electron chi connectivity index (χ4n) is 0. The number of nitrogens with zero attached hydrogens (tertiary/aromatic N) is 1. The van der Waals surface area contributed by atoms with Gasteiger partial charge in [0.15, 0.2) is 0 Å². The fraction of sp³-hybridized carbons (Fsp3) is 0.500. The summed E-state index contributed by atoms with van der Waals surface area (Å²) in [5.74, 6) is 0. The van der Waals surface area contributed by atoms with E-state index >= 15 is 0 Å². The topological polar surface area (TPSA) is 3.24 Å². The number of hydrogen-bond acceptors (Lipinski definition) is 1. The van der Waals surface area contributed by atoms with Gasteiger partial charge in [-0.1, -0.05) is 12.2 Å². The van der Waals surface area contributed by atoms with Crippen molar-refractivity contribution in [2.24, 2.45) is 0 Å². The molecule has 0 bridgehead atoms. The van der Waals surface area contributed by atoms with Crippen LogP contribution in [0.2, 0.25) is 0 Å². The van der Waals surface area contributed by atoms with Crippen LogP contribution >= 0.6 is 12.2 Å². The summed E-state index contributed by atoms with van der Waals surface area (Å²) in [5.41, 5.74) is 0. The van der Waals surface area contributed by atoms with E-state index < -0.39 is 0 Å². The average molecular weight is 98.8 g/mol. The molecule has 0 saturated carbocycles. The van der Waals surface area contributed by atoms with Gasteiger partial charge in [-0.3, -0.25) is 0 Å². The molecule has 0 aromatic carbocycles. The largest absolute Gasteiger partial charge is 0.467 e. The van der Waals surface area contributed by atoms with Gasteiger partial charge in [-0.15, -0.1) is 0 Å². The van der Waals surface area contributed by atoms with E-state index in [0.29, 0.717) is 0 Å². The van der Waals surface area contributed by atoms with Crippen LogP contribution in [-0.2, 0) is 0 Å². The molecule has 0 aliphatic heterocycles. The molecule has 1 nitrogen and oxygen atoms in total. The van der Waals surface area contributed by atoms with Crippen molar-refractivity contribution in [3.8, 4) is 0 Å². The van der Waals surface area contributed by atoms with E-state index in [4.69, 9.17) is 12.2 Å². The first kappa shape index (κ1) is 6.02. The number of hydrogen-bond donors (Lipinski definition) is 0. The molecule has 0 fully saturated rings. The summed E-state index contributed by atoms with van der Waals surface area (Å²) in [4.78, 5) is 0.926. The molecule has 0 unspecified atom stereocenters. The van der Waals surface area contributed by atoms with Crippen LogP contribution in [0.5, 0.6) is 0 Å². The monoisotopic (exact) mass is 99.0 g/mol. The summed E-state index contributed by atoms with van der Waals surface area (Å²) in [6.07, 6.45) is 0. The molecule has 0 N–H and O–H groups in total. The smallest absolute Gasteiger partial charge is 0.202 e. The lowest BCUT2D eigenvalue weighted by Gasteiger charge is -2.07. The number of thiocarbonyl (C=S) groups is 1. The van der Waals surface area contributed by atoms with Gasteiger partial charge < -0.3 is 4.72 Å². The molecule has 0 saturated heterocycles. The van der Waals surface area contributed by atoms with E-state index in [9.17, 15) is 0 Å². The van der Waals surface area contributed by atoms with Crippen molar-refractivity contribution in [1.29, 1.82) is 0 Å². The first-order chi connectivity index (χ1) is 2.64. The van der Waals surface area contributed by atoms with Gasteiger partial charge in [0.1, 0.15) is 0 Å². The van der Waals surface area contributed by atoms with Crippen molar-refractivity contribution < 1.29 is 0 Å². The molecular weight excluding hydrogens is 91.7 g/mol. The Morgan fingerprint density at radius 1 is 1.67 bits per heavy atom. The molecular formula is C2H7B2NS. The molecule has 0 atom stereocenters. The predicted octanol–water partition coefficient (Wildman–Crippen LogP) is -1.27. The standard InChI is InChI=1S/C2H7B2NS/c1-2(6)5(3)4/h3-4H2,1H3. The summed E-state index contributed by atoms with van der Waals surface area (Å²) in [6, 6.07) is 0. The van der Waals surface area contributed by atoms with Gasteiger partial charge in [0.2, 0.25) is 16.0 Å². The highest BCUT2D eigenvalue weighted by molar-refractivity contribution is 7.80. The number of rotatable bonds is 0. The van der Waals surface area contributed by atoms with Crippen molar-refractivity contribution in [2.45, 2.75) is 6.92 Å². The SMILES string of the molecule is BN(B)C(C)=S. The summed E-state index contributed by atoms with van der Waals surface area (Å²) in [7, 11) is 3.87. The second-order valence-electron chi connectivity index (χ2n) is 1.41. The maximum atomic E-state index is 4.75. The van der Waals surface area contributed by atoms with Gasteiger partial charge in [0.25, 0.3) is 0 Å². The predicted molar refractivity (Wildman–Crippen MR) is 37.2 cm³/mol. The van der Waals surface area contributed by atoms with Crippen LogP contribution in [0.1, 0.15) is 6.92 Å². The molecule has 0 radical (unpaired) electrons. The molecule has 0 rings (SSSR count). The zero-order valence-electron chi connectivity index (χ0n) is 4.36. The Bertz CT molecular complexity index is 62.6. The van der Waals surface area contributed by atoms with Crippen LogP contribution in [0, 0.1) is 0 Å². The molecule has 0 aromatic heterocycles. The van der Waals surface area contributed by atoms with Crippen molar-refractivity contribution in [3.05, 3.63) is 0 Å². The van der Waals surface area contributed by atoms with E-state index in [0.717, 1.165) is 4.99 Å². The van der Waals surface area contributed by atoms with E-state index in [1.54, 1.807) is 0 Å². The van der Waals surface area contributed by atoms with Crippen LogP contribution in [0.3, 0.4) is 0 Å². The van der Waals surface area contributed by atoms with Crippen LogP contribution in [0.25, 0.3) is 0 Å². The molecule has 0 spiro atoms. The lowest BCUT2D eigenvalue weighted by atomic mass is 10.2. The lowest BCUT2D eigenvalue weighted by Crippen LogP contribution is -2.19. The van der Waals surface area contributed by atoms with Gasteiger partial charge in [0, 0.05) is 4.99 Å². The van der Waals surface area contributed by atoms with Crippen LogP contribution in [0.15, 0.2) is 0 Å². The maximum Gasteiger partial charge on any atom is 0.202 e. The Kier molecular flexibility index (Phi) is 2.25. The molecule has 32 valence electrons. The van der Waals surface area contributed by atoms with Gasteiger partial charge in [-0.2, -0.15) is 0 Å². The minimum Gasteiger partial charge on any atom is -0.467 e. The highest BCUT2D eigenvalue weighted by Crippen LogP contribution is 1.73. The maximum absolute atomic E-state index is 4.75. The molecule has 0 aromatic rings. The van der Waals surface area contributed by atoms with E-state index in [1.807, 2.05) is 27.6 Å². The second-order valence-corrected chi connectivity index (χ2v) is 2.00. The van der Waals surface area contributed by atoms with Gasteiger partial charge in [-0.05, 0) is 6.92 Å². The molecule has 0 amide bonds. The van der Waals surface area contributed by atoms with Crippen LogP contribution in [0.4, 0.5) is 0 Å². The van der Waals surface area contributed by atoms with E-state index in [-0.39, 0.29) is 0 Å². The normalized spacial score (nSPS) is 7.50. The minimum atomic E-state index is 0.926. The highest BCUT2D eigenvalue weighted by Gasteiger charge is 1.82. The third kappa shape index (κ3) is 2.27. The van der Waals surface area contributed by atoms with Crippen molar-refractivity contribution in [2.75, 3.05) is 0 Å². The zero-order valence-corrected chi connectivity index (χ0v) is 5.17. The molecule has 6 heavy (non-hydrogen) atoms. The summed E-state index contributed by atoms with van der Waals surface area (Å²) >= 11 is 4.75. The fourth-order valence-corrected chi connectivity index (χ4v) is 0. The van der Waals surface area contributed by atoms with Crippen molar-refractivity contribution >= 4 is 33.2 Å². The van der Waals surface area contributed by atoms with E-state index in [2.05, 4.69) is 0 Å². The Hall–Kier alpha value is 0.0199. The minimum absolute atomic E-state index is 0.926. The Labute approximate surface area is 45.6 Å². The summed E-state index contributed by atoms with van der Waals surface area (Å²) < 4.78 is 1.90. The molecule has 4 heteroatoms. The third-order valence-corrected chi connectivity index (χ3v) is 0.995. The highest BCUT2D eigenvalue weighted by atomic mass is 32.1. The van der Waals surface area contributed by atoms with E-state index in [1.165, 1.54) is 0 Å². The summed E-state index contributed by atoms with van der Waals surface area (Å²) in [5, 5.41) is 0. The first-order valence-corrected chi connectivity index (χ1v) is 2.23. The Morgan fingerprint density at radius 3 is 1.83 bits per heavy atom. The van der Waals surface area contributed by atoms with Crippen molar-refractivity contribution in [1.82, 2.24) is 4.72 Å². The van der Waals surface area contributed by atoms with Gasteiger partial charge in [-0.25, -0.2) is 0 Å².